The molecule has 6 heteroatoms. The zero-order valence-electron chi connectivity index (χ0n) is 12.9. The number of ether oxygens (including phenoxy) is 1. The second-order valence-corrected chi connectivity index (χ2v) is 4.88. The summed E-state index contributed by atoms with van der Waals surface area (Å²) < 4.78 is 4.77. The lowest BCUT2D eigenvalue weighted by Crippen LogP contribution is -2.17. The first kappa shape index (κ1) is 17.0. The molecule has 0 saturated carbocycles. The van der Waals surface area contributed by atoms with Gasteiger partial charge in [0.25, 0.3) is 0 Å². The van der Waals surface area contributed by atoms with Crippen molar-refractivity contribution < 1.29 is 29.1 Å². The van der Waals surface area contributed by atoms with E-state index in [1.807, 2.05) is 26.0 Å². The van der Waals surface area contributed by atoms with E-state index in [0.29, 0.717) is 12.0 Å². The minimum Gasteiger partial charge on any atom is -0.429 e. The third-order valence-corrected chi connectivity index (χ3v) is 2.97. The molecule has 0 amide bonds. The normalized spacial score (nSPS) is 11.7. The van der Waals surface area contributed by atoms with Crippen molar-refractivity contribution in [3.05, 3.63) is 34.4 Å². The van der Waals surface area contributed by atoms with E-state index in [4.69, 9.17) is 4.74 Å². The highest BCUT2D eigenvalue weighted by Crippen LogP contribution is 2.17. The van der Waals surface area contributed by atoms with Crippen LogP contribution in [0.2, 0.25) is 0 Å². The van der Waals surface area contributed by atoms with Crippen molar-refractivity contribution in [2.75, 3.05) is 0 Å². The molecule has 0 aliphatic heterocycles. The van der Waals surface area contributed by atoms with Crippen molar-refractivity contribution in [1.82, 2.24) is 0 Å². The summed E-state index contributed by atoms with van der Waals surface area (Å²) in [5, 5.41) is 4.17. The maximum absolute atomic E-state index is 11.9. The lowest BCUT2D eigenvalue weighted by molar-refractivity contribution is -0.452. The molecule has 0 aliphatic carbocycles. The Morgan fingerprint density at radius 1 is 1.10 bits per heavy atom. The average molecular weight is 296 g/mol. The van der Waals surface area contributed by atoms with Crippen LogP contribution in [-0.2, 0) is 19.6 Å². The largest absolute Gasteiger partial charge is 0.543 e. The number of rotatable bonds is 5. The first-order valence-electron chi connectivity index (χ1n) is 6.69. The average Bonchev–Trinajstić information content (AvgIpc) is 2.37. The van der Waals surface area contributed by atoms with Crippen molar-refractivity contribution in [3.8, 4) is 0 Å². The van der Waals surface area contributed by atoms with Gasteiger partial charge in [0.2, 0.25) is 0 Å². The van der Waals surface area contributed by atoms with Crippen molar-refractivity contribution in [2.45, 2.75) is 47.1 Å². The van der Waals surface area contributed by atoms with Gasteiger partial charge in [-0.05, 0) is 45.2 Å². The number of hydrogen-bond acceptors (Lipinski definition) is 6. The highest BCUT2D eigenvalue weighted by molar-refractivity contribution is 5.92. The SMILES string of the molecule is CCC(C)OC(=O)OOOC(=O)c1c(C)cc(C)cc1C. The summed E-state index contributed by atoms with van der Waals surface area (Å²) in [4.78, 5) is 31.7. The summed E-state index contributed by atoms with van der Waals surface area (Å²) in [7, 11) is 0. The smallest absolute Gasteiger partial charge is 0.429 e. The molecule has 0 heterocycles. The van der Waals surface area contributed by atoms with Gasteiger partial charge in [0.15, 0.2) is 0 Å². The molecule has 0 N–H and O–H groups in total. The first-order chi connectivity index (χ1) is 9.85. The Morgan fingerprint density at radius 3 is 2.19 bits per heavy atom. The van der Waals surface area contributed by atoms with Gasteiger partial charge in [-0.3, -0.25) is 4.89 Å². The predicted octanol–water partition coefficient (Wildman–Crippen LogP) is 3.57. The van der Waals surface area contributed by atoms with Gasteiger partial charge in [0, 0.05) is 0 Å². The third kappa shape index (κ3) is 5.07. The molecule has 1 aromatic rings. The van der Waals surface area contributed by atoms with Crippen LogP contribution in [0.4, 0.5) is 4.79 Å². The lowest BCUT2D eigenvalue weighted by atomic mass is 10.0. The van der Waals surface area contributed by atoms with Crippen LogP contribution in [0, 0.1) is 20.8 Å². The second kappa shape index (κ2) is 7.64. The van der Waals surface area contributed by atoms with Crippen LogP contribution in [0.25, 0.3) is 0 Å². The van der Waals surface area contributed by atoms with Gasteiger partial charge in [0.1, 0.15) is 6.10 Å². The Morgan fingerprint density at radius 2 is 1.67 bits per heavy atom. The van der Waals surface area contributed by atoms with Gasteiger partial charge in [0.05, 0.1) is 10.6 Å². The highest BCUT2D eigenvalue weighted by atomic mass is 17.5. The third-order valence-electron chi connectivity index (χ3n) is 2.97. The van der Waals surface area contributed by atoms with E-state index in [2.05, 4.69) is 14.8 Å². The number of carbonyl (C=O) groups is 2. The molecular formula is C15H20O6. The predicted molar refractivity (Wildman–Crippen MR) is 74.5 cm³/mol. The Labute approximate surface area is 123 Å². The molecule has 6 nitrogen and oxygen atoms in total. The van der Waals surface area contributed by atoms with Crippen molar-refractivity contribution in [1.29, 1.82) is 0 Å². The van der Waals surface area contributed by atoms with Crippen molar-refractivity contribution in [2.24, 2.45) is 0 Å². The molecule has 0 radical (unpaired) electrons. The molecule has 1 aromatic carbocycles. The topological polar surface area (TPSA) is 71.1 Å². The molecule has 0 saturated heterocycles. The summed E-state index contributed by atoms with van der Waals surface area (Å²) in [6.45, 7) is 9.05. The Hall–Kier alpha value is -2.08. The second-order valence-electron chi connectivity index (χ2n) is 4.88. The summed E-state index contributed by atoms with van der Waals surface area (Å²) in [6, 6.07) is 3.70. The van der Waals surface area contributed by atoms with E-state index in [1.54, 1.807) is 20.8 Å². The van der Waals surface area contributed by atoms with Crippen LogP contribution in [0.5, 0.6) is 0 Å². The summed E-state index contributed by atoms with van der Waals surface area (Å²) in [5.74, 6) is -0.735. The van der Waals surface area contributed by atoms with Crippen LogP contribution in [-0.4, -0.2) is 18.2 Å². The fourth-order valence-electron chi connectivity index (χ4n) is 1.89. The maximum Gasteiger partial charge on any atom is 0.543 e. The van der Waals surface area contributed by atoms with E-state index >= 15 is 0 Å². The molecule has 21 heavy (non-hydrogen) atoms. The van der Waals surface area contributed by atoms with Crippen molar-refractivity contribution >= 4 is 12.1 Å². The van der Waals surface area contributed by atoms with E-state index in [1.165, 1.54) is 0 Å². The lowest BCUT2D eigenvalue weighted by Gasteiger charge is -2.10. The number of hydrogen-bond donors (Lipinski definition) is 0. The zero-order valence-corrected chi connectivity index (χ0v) is 12.9. The zero-order chi connectivity index (χ0) is 16.0. The van der Waals surface area contributed by atoms with Crippen LogP contribution in [0.1, 0.15) is 47.3 Å². The number of benzene rings is 1. The molecule has 1 rings (SSSR count). The van der Waals surface area contributed by atoms with Crippen LogP contribution in [0.15, 0.2) is 12.1 Å². The van der Waals surface area contributed by atoms with E-state index in [9.17, 15) is 9.59 Å². The van der Waals surface area contributed by atoms with Gasteiger partial charge in [-0.25, -0.2) is 14.5 Å². The summed E-state index contributed by atoms with van der Waals surface area (Å²) in [6.07, 6.45) is -0.732. The summed E-state index contributed by atoms with van der Waals surface area (Å²) in [5.41, 5.74) is 2.92. The minimum absolute atomic E-state index is 0.307. The van der Waals surface area contributed by atoms with Gasteiger partial charge < -0.3 is 4.74 Å². The Kier molecular flexibility index (Phi) is 6.17. The maximum atomic E-state index is 11.9. The highest BCUT2D eigenvalue weighted by Gasteiger charge is 2.17. The van der Waals surface area contributed by atoms with E-state index in [0.717, 1.165) is 16.7 Å². The minimum atomic E-state index is -1.06. The summed E-state index contributed by atoms with van der Waals surface area (Å²) >= 11 is 0. The quantitative estimate of drug-likeness (QED) is 0.470. The molecule has 1 unspecified atom stereocenters. The van der Waals surface area contributed by atoms with E-state index in [-0.39, 0.29) is 6.10 Å². The molecule has 0 aliphatic rings. The number of aryl methyl sites for hydroxylation is 3. The van der Waals surface area contributed by atoms with Gasteiger partial charge >= 0.3 is 12.1 Å². The first-order valence-corrected chi connectivity index (χ1v) is 6.69. The standard InChI is InChI=1S/C15H20O6/c1-6-12(5)18-15(17)20-21-19-14(16)13-10(3)7-9(2)8-11(13)4/h7-8,12H,6H2,1-5H3. The van der Waals surface area contributed by atoms with Gasteiger partial charge in [-0.1, -0.05) is 24.6 Å². The molecule has 0 aromatic heterocycles. The van der Waals surface area contributed by atoms with Crippen LogP contribution in [0.3, 0.4) is 0 Å². The molecule has 116 valence electrons. The molecule has 1 atom stereocenters. The van der Waals surface area contributed by atoms with E-state index < -0.39 is 12.1 Å². The Bertz CT molecular complexity index is 500. The Balaban J connectivity index is 2.54. The molecule has 0 spiro atoms. The fourth-order valence-corrected chi connectivity index (χ4v) is 1.89. The van der Waals surface area contributed by atoms with Gasteiger partial charge in [-0.15, -0.1) is 0 Å². The molecule has 0 bridgehead atoms. The molecular weight excluding hydrogens is 276 g/mol. The monoisotopic (exact) mass is 296 g/mol. The van der Waals surface area contributed by atoms with Crippen LogP contribution < -0.4 is 0 Å². The number of carbonyl (C=O) groups excluding carboxylic acids is 2. The van der Waals surface area contributed by atoms with Crippen LogP contribution >= 0.6 is 0 Å². The fraction of sp³-hybridized carbons (Fsp3) is 0.467. The van der Waals surface area contributed by atoms with Gasteiger partial charge in [-0.2, -0.15) is 0 Å². The molecule has 0 fully saturated rings. The van der Waals surface area contributed by atoms with Crippen molar-refractivity contribution in [3.63, 3.8) is 0 Å².